The van der Waals surface area contributed by atoms with Crippen LogP contribution in [0, 0.1) is 0 Å². The largest absolute Gasteiger partial charge is 0.304 e. The van der Waals surface area contributed by atoms with Crippen molar-refractivity contribution >= 4 is 11.8 Å². The van der Waals surface area contributed by atoms with E-state index in [0.29, 0.717) is 11.4 Å². The molecule has 2 aliphatic rings. The van der Waals surface area contributed by atoms with Gasteiger partial charge in [0.15, 0.2) is 0 Å². The Morgan fingerprint density at radius 1 is 1.45 bits per heavy atom. The van der Waals surface area contributed by atoms with Crippen LogP contribution in [0.1, 0.15) is 26.7 Å². The lowest BCUT2D eigenvalue weighted by atomic mass is 10.1. The van der Waals surface area contributed by atoms with Gasteiger partial charge in [0.25, 0.3) is 0 Å². The summed E-state index contributed by atoms with van der Waals surface area (Å²) in [6, 6.07) is 0.712. The molecule has 2 heterocycles. The fourth-order valence-corrected chi connectivity index (χ4v) is 3.35. The highest BCUT2D eigenvalue weighted by atomic mass is 32.2. The molecule has 0 radical (unpaired) electrons. The maximum Gasteiger partial charge on any atom is 0.0706 e. The van der Waals surface area contributed by atoms with Crippen molar-refractivity contribution in [1.82, 2.24) is 10.6 Å². The van der Waals surface area contributed by atoms with Crippen LogP contribution in [0.5, 0.6) is 0 Å². The molecule has 2 rings (SSSR count). The number of hydrogen-bond donors (Lipinski definition) is 2. The Kier molecular flexibility index (Phi) is 1.90. The van der Waals surface area contributed by atoms with Crippen molar-refractivity contribution in [2.24, 2.45) is 0 Å². The first kappa shape index (κ1) is 7.90. The molecule has 3 heteroatoms. The van der Waals surface area contributed by atoms with Crippen LogP contribution in [-0.2, 0) is 0 Å². The normalized spacial score (nSPS) is 42.0. The summed E-state index contributed by atoms with van der Waals surface area (Å²) in [5, 5.41) is 7.84. The number of hydrogen-bond acceptors (Lipinski definition) is 3. The van der Waals surface area contributed by atoms with Crippen molar-refractivity contribution in [3.05, 3.63) is 0 Å². The second-order valence-electron chi connectivity index (χ2n) is 3.90. The summed E-state index contributed by atoms with van der Waals surface area (Å²) in [6.45, 7) is 5.72. The molecular formula is C8H16N2S. The summed E-state index contributed by atoms with van der Waals surface area (Å²) in [4.78, 5) is 0.284. The highest BCUT2D eigenvalue weighted by Crippen LogP contribution is 2.37. The van der Waals surface area contributed by atoms with Crippen LogP contribution in [0.25, 0.3) is 0 Å². The van der Waals surface area contributed by atoms with E-state index in [1.165, 1.54) is 19.4 Å². The second-order valence-corrected chi connectivity index (χ2v) is 5.66. The van der Waals surface area contributed by atoms with E-state index in [4.69, 9.17) is 0 Å². The maximum atomic E-state index is 3.63. The van der Waals surface area contributed by atoms with Crippen molar-refractivity contribution in [3.8, 4) is 0 Å². The smallest absolute Gasteiger partial charge is 0.0706 e. The Bertz CT molecular complexity index is 142. The molecule has 0 aromatic heterocycles. The molecule has 64 valence electrons. The Hall–Kier alpha value is 0.270. The maximum absolute atomic E-state index is 3.63. The van der Waals surface area contributed by atoms with Crippen molar-refractivity contribution in [1.29, 1.82) is 0 Å². The van der Waals surface area contributed by atoms with Gasteiger partial charge < -0.3 is 5.32 Å². The van der Waals surface area contributed by atoms with E-state index in [9.17, 15) is 0 Å². The summed E-state index contributed by atoms with van der Waals surface area (Å²) in [6.07, 6.45) is 2.67. The predicted molar refractivity (Wildman–Crippen MR) is 49.6 cm³/mol. The highest BCUT2D eigenvalue weighted by Gasteiger charge is 2.39. The molecule has 11 heavy (non-hydrogen) atoms. The van der Waals surface area contributed by atoms with E-state index in [2.05, 4.69) is 24.5 Å². The molecule has 0 saturated carbocycles. The van der Waals surface area contributed by atoms with Gasteiger partial charge in [0.2, 0.25) is 0 Å². The zero-order valence-electron chi connectivity index (χ0n) is 7.18. The average molecular weight is 172 g/mol. The van der Waals surface area contributed by atoms with Crippen LogP contribution < -0.4 is 10.6 Å². The number of piperidine rings is 1. The fourth-order valence-electron chi connectivity index (χ4n) is 1.93. The molecule has 2 unspecified atom stereocenters. The van der Waals surface area contributed by atoms with Gasteiger partial charge in [-0.2, -0.15) is 0 Å². The van der Waals surface area contributed by atoms with Gasteiger partial charge in [-0.3, -0.25) is 5.32 Å². The van der Waals surface area contributed by atoms with Gasteiger partial charge in [0.1, 0.15) is 0 Å². The summed E-state index contributed by atoms with van der Waals surface area (Å²) >= 11 is 2.03. The summed E-state index contributed by atoms with van der Waals surface area (Å²) in [5.41, 5.74) is 0. The quantitative estimate of drug-likeness (QED) is 0.573. The van der Waals surface area contributed by atoms with Crippen molar-refractivity contribution in [2.45, 2.75) is 43.0 Å². The average Bonchev–Trinajstić information content (AvgIpc) is 2.21. The van der Waals surface area contributed by atoms with Crippen LogP contribution >= 0.6 is 11.8 Å². The number of rotatable bonds is 0. The van der Waals surface area contributed by atoms with Crippen LogP contribution in [0.15, 0.2) is 0 Å². The molecule has 0 aliphatic carbocycles. The van der Waals surface area contributed by atoms with Crippen LogP contribution in [-0.4, -0.2) is 22.8 Å². The molecule has 0 bridgehead atoms. The van der Waals surface area contributed by atoms with Gasteiger partial charge in [0, 0.05) is 6.04 Å². The molecule has 2 nitrogen and oxygen atoms in total. The first-order chi connectivity index (χ1) is 5.17. The number of nitrogens with one attached hydrogen (secondary N) is 2. The molecule has 0 amide bonds. The molecule has 2 aliphatic heterocycles. The topological polar surface area (TPSA) is 24.1 Å². The van der Waals surface area contributed by atoms with E-state index in [0.717, 1.165) is 0 Å². The summed E-state index contributed by atoms with van der Waals surface area (Å²) in [5.74, 6) is 0. The van der Waals surface area contributed by atoms with Gasteiger partial charge in [0.05, 0.1) is 10.2 Å². The van der Waals surface area contributed by atoms with Crippen molar-refractivity contribution in [2.75, 3.05) is 6.54 Å². The van der Waals surface area contributed by atoms with Crippen LogP contribution in [0.4, 0.5) is 0 Å². The van der Waals surface area contributed by atoms with E-state index < -0.39 is 0 Å². The molecular weight excluding hydrogens is 156 g/mol. The fraction of sp³-hybridized carbons (Fsp3) is 1.00. The summed E-state index contributed by atoms with van der Waals surface area (Å²) in [7, 11) is 0. The predicted octanol–water partition coefficient (Wildman–Crippen LogP) is 1.14. The Balaban J connectivity index is 2.03. The second kappa shape index (κ2) is 2.64. The van der Waals surface area contributed by atoms with E-state index >= 15 is 0 Å². The lowest BCUT2D eigenvalue weighted by molar-refractivity contribution is 0.364. The van der Waals surface area contributed by atoms with E-state index in [-0.39, 0.29) is 4.87 Å². The number of thioether (sulfide) groups is 1. The molecule has 0 aromatic carbocycles. The van der Waals surface area contributed by atoms with Gasteiger partial charge >= 0.3 is 0 Å². The monoisotopic (exact) mass is 172 g/mol. The third-order valence-electron chi connectivity index (χ3n) is 2.36. The molecule has 2 fully saturated rings. The lowest BCUT2D eigenvalue weighted by Gasteiger charge is -2.24. The minimum atomic E-state index is 0.284. The van der Waals surface area contributed by atoms with Gasteiger partial charge in [-0.15, -0.1) is 11.8 Å². The SMILES string of the molecule is CC1(C)NC2CCCNC2S1. The zero-order valence-corrected chi connectivity index (χ0v) is 8.00. The minimum absolute atomic E-state index is 0.284. The molecule has 2 saturated heterocycles. The standard InChI is InChI=1S/C8H16N2S/c1-8(2)10-6-4-3-5-9-7(6)11-8/h6-7,9-10H,3-5H2,1-2H3. The van der Waals surface area contributed by atoms with E-state index in [1.54, 1.807) is 0 Å². The Morgan fingerprint density at radius 2 is 2.27 bits per heavy atom. The van der Waals surface area contributed by atoms with Crippen molar-refractivity contribution < 1.29 is 0 Å². The Morgan fingerprint density at radius 3 is 3.00 bits per heavy atom. The third-order valence-corrected chi connectivity index (χ3v) is 3.81. The van der Waals surface area contributed by atoms with Crippen LogP contribution in [0.2, 0.25) is 0 Å². The van der Waals surface area contributed by atoms with Crippen LogP contribution in [0.3, 0.4) is 0 Å². The van der Waals surface area contributed by atoms with Crippen molar-refractivity contribution in [3.63, 3.8) is 0 Å². The Labute approximate surface area is 72.5 Å². The lowest BCUT2D eigenvalue weighted by Crippen LogP contribution is -2.45. The minimum Gasteiger partial charge on any atom is -0.304 e. The first-order valence-electron chi connectivity index (χ1n) is 4.36. The number of fused-ring (bicyclic) bond motifs is 1. The van der Waals surface area contributed by atoms with Gasteiger partial charge in [-0.05, 0) is 33.2 Å². The molecule has 2 atom stereocenters. The zero-order chi connectivity index (χ0) is 7.90. The summed E-state index contributed by atoms with van der Waals surface area (Å²) < 4.78 is 0. The van der Waals surface area contributed by atoms with Gasteiger partial charge in [-0.25, -0.2) is 0 Å². The molecule has 0 spiro atoms. The van der Waals surface area contributed by atoms with Gasteiger partial charge in [-0.1, -0.05) is 0 Å². The molecule has 2 N–H and O–H groups in total. The van der Waals surface area contributed by atoms with E-state index in [1.807, 2.05) is 11.8 Å². The third kappa shape index (κ3) is 1.55. The molecule has 0 aromatic rings. The first-order valence-corrected chi connectivity index (χ1v) is 5.24. The highest BCUT2D eigenvalue weighted by molar-refractivity contribution is 8.01.